The molecule has 1 N–H and O–H groups in total. The van der Waals surface area contributed by atoms with Gasteiger partial charge < -0.3 is 14.5 Å². The van der Waals surface area contributed by atoms with Gasteiger partial charge in [-0.15, -0.1) is 0 Å². The average molecular weight is 475 g/mol. The second-order valence-electron chi connectivity index (χ2n) is 8.71. The molecule has 35 heavy (non-hydrogen) atoms. The van der Waals surface area contributed by atoms with E-state index in [1.807, 2.05) is 19.9 Å². The summed E-state index contributed by atoms with van der Waals surface area (Å²) in [6, 6.07) is 1.76. The maximum atomic E-state index is 14.7. The molecule has 1 saturated heterocycles. The lowest BCUT2D eigenvalue weighted by atomic mass is 9.94. The number of aromatic nitrogens is 4. The van der Waals surface area contributed by atoms with E-state index >= 15 is 0 Å². The maximum Gasteiger partial charge on any atom is 0.318 e. The van der Waals surface area contributed by atoms with E-state index in [1.165, 1.54) is 6.07 Å². The number of ether oxygens (including phenoxy) is 1. The van der Waals surface area contributed by atoms with Crippen LogP contribution in [-0.2, 0) is 0 Å². The molecule has 1 fully saturated rings. The van der Waals surface area contributed by atoms with Crippen molar-refractivity contribution in [3.05, 3.63) is 70.3 Å². The van der Waals surface area contributed by atoms with Gasteiger partial charge in [0.15, 0.2) is 0 Å². The predicted molar refractivity (Wildman–Crippen MR) is 140 cm³/mol. The zero-order valence-electron chi connectivity index (χ0n) is 20.8. The first kappa shape index (κ1) is 24.2. The van der Waals surface area contributed by atoms with Crippen LogP contribution in [0.4, 0.5) is 10.2 Å². The Labute approximate surface area is 204 Å². The van der Waals surface area contributed by atoms with Gasteiger partial charge in [-0.3, -0.25) is 5.10 Å². The summed E-state index contributed by atoms with van der Waals surface area (Å²) in [6.07, 6.45) is 5.54. The fourth-order valence-corrected chi connectivity index (χ4v) is 4.46. The Morgan fingerprint density at radius 1 is 1.20 bits per heavy atom. The largest absolute Gasteiger partial charge is 0.467 e. The van der Waals surface area contributed by atoms with Gasteiger partial charge in [0.05, 0.1) is 24.2 Å². The van der Waals surface area contributed by atoms with Crippen LogP contribution in [0.25, 0.3) is 29.1 Å². The van der Waals surface area contributed by atoms with Crippen LogP contribution in [0.5, 0.6) is 6.01 Å². The maximum absolute atomic E-state index is 14.7. The predicted octanol–water partition coefficient (Wildman–Crippen LogP) is 3.32. The van der Waals surface area contributed by atoms with Crippen LogP contribution in [0.1, 0.15) is 25.0 Å². The number of benzene rings is 1. The quantitative estimate of drug-likeness (QED) is 0.553. The Bertz CT molecular complexity index is 1450. The van der Waals surface area contributed by atoms with Crippen molar-refractivity contribution in [3.8, 4) is 6.01 Å². The second-order valence-corrected chi connectivity index (χ2v) is 8.71. The summed E-state index contributed by atoms with van der Waals surface area (Å²) >= 11 is 0. The molecular formula is C27H31FN6O. The van der Waals surface area contributed by atoms with Crippen LogP contribution >= 0.6 is 0 Å². The molecule has 0 saturated carbocycles. The first-order valence-electron chi connectivity index (χ1n) is 11.5. The number of aromatic amines is 1. The SMILES string of the molecule is C=CC(=C)N1CCN(c2nc(OC)nc(=C)/c2=C\C(C)=C(/C)c2c(C)c(F)cc3[nH]ncc23)CC1. The van der Waals surface area contributed by atoms with Crippen molar-refractivity contribution in [1.29, 1.82) is 0 Å². The van der Waals surface area contributed by atoms with E-state index in [1.54, 1.807) is 26.3 Å². The van der Waals surface area contributed by atoms with Crippen LogP contribution in [-0.4, -0.2) is 58.4 Å². The molecule has 0 radical (unpaired) electrons. The Kier molecular flexibility index (Phi) is 6.73. The van der Waals surface area contributed by atoms with E-state index in [9.17, 15) is 4.39 Å². The number of methoxy groups -OCH3 is 1. The number of halogens is 1. The highest BCUT2D eigenvalue weighted by Gasteiger charge is 2.21. The molecular weight excluding hydrogens is 443 g/mol. The molecule has 0 unspecified atom stereocenters. The van der Waals surface area contributed by atoms with E-state index in [2.05, 4.69) is 49.7 Å². The summed E-state index contributed by atoms with van der Waals surface area (Å²) in [5.41, 5.74) is 4.91. The van der Waals surface area contributed by atoms with E-state index in [-0.39, 0.29) is 11.8 Å². The number of rotatable bonds is 6. The molecule has 0 amide bonds. The number of fused-ring (bicyclic) bond motifs is 1. The molecule has 4 rings (SSSR count). The normalized spacial score (nSPS) is 15.4. The van der Waals surface area contributed by atoms with Crippen LogP contribution in [0.3, 0.4) is 0 Å². The van der Waals surface area contributed by atoms with Gasteiger partial charge >= 0.3 is 6.01 Å². The van der Waals surface area contributed by atoms with Crippen molar-refractivity contribution in [3.63, 3.8) is 0 Å². The number of anilines is 1. The lowest BCUT2D eigenvalue weighted by Gasteiger charge is -2.37. The fraction of sp³-hybridized carbons (Fsp3) is 0.296. The first-order valence-corrected chi connectivity index (χ1v) is 11.5. The minimum Gasteiger partial charge on any atom is -0.467 e. The lowest BCUT2D eigenvalue weighted by Crippen LogP contribution is -2.49. The number of hydrogen-bond donors (Lipinski definition) is 1. The van der Waals surface area contributed by atoms with Crippen molar-refractivity contribution >= 4 is 34.9 Å². The zero-order valence-corrected chi connectivity index (χ0v) is 20.8. The zero-order chi connectivity index (χ0) is 25.3. The van der Waals surface area contributed by atoms with Crippen molar-refractivity contribution in [2.45, 2.75) is 20.8 Å². The van der Waals surface area contributed by atoms with Gasteiger partial charge in [-0.1, -0.05) is 19.7 Å². The molecule has 3 heterocycles. The van der Waals surface area contributed by atoms with E-state index in [4.69, 9.17) is 4.74 Å². The highest BCUT2D eigenvalue weighted by atomic mass is 19.1. The Morgan fingerprint density at radius 2 is 1.91 bits per heavy atom. The highest BCUT2D eigenvalue weighted by molar-refractivity contribution is 5.94. The highest BCUT2D eigenvalue weighted by Crippen LogP contribution is 2.31. The Morgan fingerprint density at radius 3 is 2.57 bits per heavy atom. The summed E-state index contributed by atoms with van der Waals surface area (Å²) < 4.78 is 20.0. The van der Waals surface area contributed by atoms with Crippen molar-refractivity contribution in [2.75, 3.05) is 38.2 Å². The fourth-order valence-electron chi connectivity index (χ4n) is 4.46. The number of nitrogens with one attached hydrogen (secondary N) is 1. The topological polar surface area (TPSA) is 70.2 Å². The summed E-state index contributed by atoms with van der Waals surface area (Å²) in [6.45, 7) is 21.0. The molecule has 1 aliphatic rings. The van der Waals surface area contributed by atoms with E-state index in [0.717, 1.165) is 65.0 Å². The third-order valence-corrected chi connectivity index (χ3v) is 6.66. The molecule has 0 spiro atoms. The van der Waals surface area contributed by atoms with Gasteiger partial charge in [-0.05, 0) is 61.3 Å². The second kappa shape index (κ2) is 9.74. The van der Waals surface area contributed by atoms with Crippen molar-refractivity contribution < 1.29 is 9.13 Å². The van der Waals surface area contributed by atoms with Crippen LogP contribution in [0.2, 0.25) is 0 Å². The molecule has 0 bridgehead atoms. The van der Waals surface area contributed by atoms with Gasteiger partial charge in [-0.25, -0.2) is 4.39 Å². The third-order valence-electron chi connectivity index (χ3n) is 6.66. The molecule has 182 valence electrons. The van der Waals surface area contributed by atoms with Gasteiger partial charge in [-0.2, -0.15) is 15.1 Å². The smallest absolute Gasteiger partial charge is 0.318 e. The van der Waals surface area contributed by atoms with Gasteiger partial charge in [0.1, 0.15) is 11.6 Å². The number of nitrogens with zero attached hydrogens (tertiary/aromatic N) is 5. The average Bonchev–Trinajstić information content (AvgIpc) is 3.32. The molecule has 1 aromatic carbocycles. The standard InChI is InChI=1S/C27H31FN6O/c1-8-17(3)33-9-11-34(12-10-33)26-21(20(6)30-27(31-26)35-7)13-16(2)18(4)25-19(5)23(28)14-24-22(25)15-29-32-24/h8,13-15H,1,3,6,9-12H2,2,4-5,7H3,(H,29,32)/b18-16+,21-13+. The van der Waals surface area contributed by atoms with E-state index < -0.39 is 0 Å². The minimum atomic E-state index is -0.269. The summed E-state index contributed by atoms with van der Waals surface area (Å²) in [4.78, 5) is 13.5. The Hall–Kier alpha value is -3.94. The molecule has 3 aromatic rings. The Balaban J connectivity index is 1.83. The van der Waals surface area contributed by atoms with Crippen LogP contribution in [0, 0.1) is 12.7 Å². The number of piperazine rings is 1. The van der Waals surface area contributed by atoms with Crippen molar-refractivity contribution in [1.82, 2.24) is 25.1 Å². The van der Waals surface area contributed by atoms with Crippen molar-refractivity contribution in [2.24, 2.45) is 0 Å². The summed E-state index contributed by atoms with van der Waals surface area (Å²) in [5.74, 6) is 0.497. The molecule has 2 aromatic heterocycles. The first-order chi connectivity index (χ1) is 16.7. The van der Waals surface area contributed by atoms with E-state index in [0.29, 0.717) is 16.4 Å². The van der Waals surface area contributed by atoms with Gasteiger partial charge in [0, 0.05) is 42.5 Å². The number of hydrogen-bond acceptors (Lipinski definition) is 6. The molecule has 8 heteroatoms. The molecule has 7 nitrogen and oxygen atoms in total. The number of allylic oxidation sites excluding steroid dienone is 3. The summed E-state index contributed by atoms with van der Waals surface area (Å²) in [7, 11) is 1.55. The third kappa shape index (κ3) is 4.56. The lowest BCUT2D eigenvalue weighted by molar-refractivity contribution is 0.329. The van der Waals surface area contributed by atoms with Gasteiger partial charge in [0.25, 0.3) is 0 Å². The van der Waals surface area contributed by atoms with Gasteiger partial charge in [0.2, 0.25) is 0 Å². The monoisotopic (exact) mass is 474 g/mol. The molecule has 1 aliphatic heterocycles. The molecule has 0 aliphatic carbocycles. The summed E-state index contributed by atoms with van der Waals surface area (Å²) in [5, 5.41) is 9.25. The minimum absolute atomic E-state index is 0.269. The van der Waals surface area contributed by atoms with Crippen LogP contribution in [0.15, 0.2) is 42.8 Å². The number of H-pyrrole nitrogens is 1. The molecule has 0 atom stereocenters. The van der Waals surface area contributed by atoms with Crippen LogP contribution < -0.4 is 20.2 Å².